The van der Waals surface area contributed by atoms with Crippen molar-refractivity contribution in [3.8, 4) is 0 Å². The molecule has 2 aromatic rings. The average Bonchev–Trinajstić information content (AvgIpc) is 2.70. The highest BCUT2D eigenvalue weighted by Crippen LogP contribution is 2.07. The van der Waals surface area contributed by atoms with Crippen molar-refractivity contribution in [3.05, 3.63) is 71.0 Å². The summed E-state index contributed by atoms with van der Waals surface area (Å²) in [7, 11) is 1.45. The van der Waals surface area contributed by atoms with Crippen molar-refractivity contribution < 1.29 is 18.8 Å². The number of oxime groups is 1. The number of carbonyl (C=O) groups is 2. The Kier molecular flexibility index (Phi) is 7.49. The SMILES string of the molecule is CCN(CC(=O)NCc1ccc(F)cc1)C(=O)c1ccc(/C=N/OC)cc1. The van der Waals surface area contributed by atoms with Gasteiger partial charge in [0.05, 0.1) is 12.8 Å². The quantitative estimate of drug-likeness (QED) is 0.573. The number of hydrogen-bond acceptors (Lipinski definition) is 4. The van der Waals surface area contributed by atoms with E-state index in [9.17, 15) is 14.0 Å². The second kappa shape index (κ2) is 10.1. The van der Waals surface area contributed by atoms with Gasteiger partial charge >= 0.3 is 0 Å². The molecule has 0 fully saturated rings. The van der Waals surface area contributed by atoms with Crippen LogP contribution >= 0.6 is 0 Å². The third-order valence-electron chi connectivity index (χ3n) is 3.87. The van der Waals surface area contributed by atoms with Crippen molar-refractivity contribution in [3.63, 3.8) is 0 Å². The first-order chi connectivity index (χ1) is 13.0. The average molecular weight is 371 g/mol. The Hall–Kier alpha value is -3.22. The Bertz CT molecular complexity index is 789. The van der Waals surface area contributed by atoms with Crippen LogP contribution in [-0.4, -0.2) is 43.1 Å². The van der Waals surface area contributed by atoms with E-state index in [1.807, 2.05) is 6.92 Å². The third-order valence-corrected chi connectivity index (χ3v) is 3.87. The first-order valence-electron chi connectivity index (χ1n) is 8.50. The minimum Gasteiger partial charge on any atom is -0.399 e. The summed E-state index contributed by atoms with van der Waals surface area (Å²) in [5.41, 5.74) is 2.07. The third kappa shape index (κ3) is 6.22. The van der Waals surface area contributed by atoms with Gasteiger partial charge in [0.2, 0.25) is 5.91 Å². The summed E-state index contributed by atoms with van der Waals surface area (Å²) in [4.78, 5) is 30.8. The number of benzene rings is 2. The number of hydrogen-bond donors (Lipinski definition) is 1. The maximum absolute atomic E-state index is 12.9. The summed E-state index contributed by atoms with van der Waals surface area (Å²) in [6.45, 7) is 2.43. The fraction of sp³-hybridized carbons (Fsp3) is 0.250. The second-order valence-corrected chi connectivity index (χ2v) is 5.76. The van der Waals surface area contributed by atoms with Crippen molar-refractivity contribution in [2.45, 2.75) is 13.5 Å². The molecule has 27 heavy (non-hydrogen) atoms. The molecule has 2 rings (SSSR count). The minimum absolute atomic E-state index is 0.0522. The highest BCUT2D eigenvalue weighted by molar-refractivity contribution is 5.97. The fourth-order valence-corrected chi connectivity index (χ4v) is 2.37. The molecule has 0 aromatic heterocycles. The number of halogens is 1. The minimum atomic E-state index is -0.327. The standard InChI is InChI=1S/C20H22FN3O3/c1-3-24(14-19(25)22-12-15-6-10-18(21)11-7-15)20(26)17-8-4-16(5-9-17)13-23-27-2/h4-11,13H,3,12,14H2,1-2H3,(H,22,25)/b23-13+. The van der Waals surface area contributed by atoms with Gasteiger partial charge < -0.3 is 15.1 Å². The van der Waals surface area contributed by atoms with Gasteiger partial charge in [-0.2, -0.15) is 0 Å². The van der Waals surface area contributed by atoms with Crippen LogP contribution in [0, 0.1) is 5.82 Å². The van der Waals surface area contributed by atoms with E-state index in [0.717, 1.165) is 11.1 Å². The van der Waals surface area contributed by atoms with Gasteiger partial charge in [0.25, 0.3) is 5.91 Å². The highest BCUT2D eigenvalue weighted by Gasteiger charge is 2.17. The van der Waals surface area contributed by atoms with Crippen LogP contribution in [0.1, 0.15) is 28.4 Å². The van der Waals surface area contributed by atoms with Crippen molar-refractivity contribution in [2.24, 2.45) is 5.16 Å². The number of carbonyl (C=O) groups excluding carboxylic acids is 2. The number of amides is 2. The molecule has 6 nitrogen and oxygen atoms in total. The molecule has 0 aliphatic heterocycles. The topological polar surface area (TPSA) is 71.0 Å². The van der Waals surface area contributed by atoms with Gasteiger partial charge in [-0.15, -0.1) is 0 Å². The van der Waals surface area contributed by atoms with Crippen LogP contribution in [0.2, 0.25) is 0 Å². The second-order valence-electron chi connectivity index (χ2n) is 5.76. The van der Waals surface area contributed by atoms with Gasteiger partial charge in [-0.3, -0.25) is 9.59 Å². The molecule has 0 spiro atoms. The van der Waals surface area contributed by atoms with E-state index in [1.165, 1.54) is 30.4 Å². The molecule has 0 aliphatic carbocycles. The van der Waals surface area contributed by atoms with Gasteiger partial charge in [-0.05, 0) is 42.3 Å². The van der Waals surface area contributed by atoms with E-state index in [1.54, 1.807) is 36.4 Å². The monoisotopic (exact) mass is 371 g/mol. The number of nitrogens with zero attached hydrogens (tertiary/aromatic N) is 2. The lowest BCUT2D eigenvalue weighted by Gasteiger charge is -2.20. The van der Waals surface area contributed by atoms with Gasteiger partial charge in [0.15, 0.2) is 0 Å². The van der Waals surface area contributed by atoms with E-state index in [4.69, 9.17) is 0 Å². The maximum atomic E-state index is 12.9. The lowest BCUT2D eigenvalue weighted by atomic mass is 10.1. The lowest BCUT2D eigenvalue weighted by Crippen LogP contribution is -2.40. The molecule has 142 valence electrons. The van der Waals surface area contributed by atoms with Crippen molar-refractivity contribution in [1.29, 1.82) is 0 Å². The molecule has 0 radical (unpaired) electrons. The Balaban J connectivity index is 1.92. The van der Waals surface area contributed by atoms with Crippen LogP contribution in [0.5, 0.6) is 0 Å². The zero-order valence-corrected chi connectivity index (χ0v) is 15.3. The molecule has 2 amide bonds. The molecule has 2 aromatic carbocycles. The fourth-order valence-electron chi connectivity index (χ4n) is 2.37. The number of nitrogens with one attached hydrogen (secondary N) is 1. The van der Waals surface area contributed by atoms with E-state index in [0.29, 0.717) is 12.1 Å². The smallest absolute Gasteiger partial charge is 0.254 e. The van der Waals surface area contributed by atoms with Crippen molar-refractivity contribution in [2.75, 3.05) is 20.2 Å². The van der Waals surface area contributed by atoms with Gasteiger partial charge in [0.1, 0.15) is 12.9 Å². The summed E-state index contributed by atoms with van der Waals surface area (Å²) in [6, 6.07) is 12.7. The molecule has 0 saturated carbocycles. The van der Waals surface area contributed by atoms with Crippen LogP contribution in [0.25, 0.3) is 0 Å². The number of likely N-dealkylation sites (N-methyl/N-ethyl adjacent to an activating group) is 1. The normalized spacial score (nSPS) is 10.6. The molecule has 0 heterocycles. The summed E-state index contributed by atoms with van der Waals surface area (Å²) in [5.74, 6) is -0.838. The van der Waals surface area contributed by atoms with E-state index in [-0.39, 0.29) is 30.7 Å². The van der Waals surface area contributed by atoms with Crippen LogP contribution in [0.15, 0.2) is 53.7 Å². The molecule has 0 atom stereocenters. The zero-order valence-electron chi connectivity index (χ0n) is 15.3. The van der Waals surface area contributed by atoms with E-state index < -0.39 is 0 Å². The Morgan fingerprint density at radius 1 is 1.15 bits per heavy atom. The summed E-state index contributed by atoms with van der Waals surface area (Å²) in [5, 5.41) is 6.40. The van der Waals surface area contributed by atoms with Crippen LogP contribution in [0.4, 0.5) is 4.39 Å². The summed E-state index contributed by atoms with van der Waals surface area (Å²) in [6.07, 6.45) is 1.54. The largest absolute Gasteiger partial charge is 0.399 e. The molecular formula is C20H22FN3O3. The summed E-state index contributed by atoms with van der Waals surface area (Å²) < 4.78 is 12.9. The van der Waals surface area contributed by atoms with E-state index in [2.05, 4.69) is 15.3 Å². The first-order valence-corrected chi connectivity index (χ1v) is 8.50. The van der Waals surface area contributed by atoms with Crippen LogP contribution in [-0.2, 0) is 16.2 Å². The molecule has 0 unspecified atom stereocenters. The summed E-state index contributed by atoms with van der Waals surface area (Å²) >= 11 is 0. The molecule has 7 heteroatoms. The Morgan fingerprint density at radius 2 is 1.81 bits per heavy atom. The van der Waals surface area contributed by atoms with Crippen LogP contribution < -0.4 is 5.32 Å². The molecular weight excluding hydrogens is 349 g/mol. The molecule has 0 bridgehead atoms. The molecule has 0 saturated heterocycles. The van der Waals surface area contributed by atoms with Crippen molar-refractivity contribution in [1.82, 2.24) is 10.2 Å². The first kappa shape index (κ1) is 20.1. The molecule has 1 N–H and O–H groups in total. The maximum Gasteiger partial charge on any atom is 0.254 e. The number of rotatable bonds is 8. The van der Waals surface area contributed by atoms with Gasteiger partial charge in [-0.1, -0.05) is 29.4 Å². The van der Waals surface area contributed by atoms with Crippen molar-refractivity contribution >= 4 is 18.0 Å². The predicted molar refractivity (Wildman–Crippen MR) is 101 cm³/mol. The van der Waals surface area contributed by atoms with Gasteiger partial charge in [0, 0.05) is 18.7 Å². The van der Waals surface area contributed by atoms with Gasteiger partial charge in [-0.25, -0.2) is 4.39 Å². The Labute approximate surface area is 157 Å². The highest BCUT2D eigenvalue weighted by atomic mass is 19.1. The van der Waals surface area contributed by atoms with E-state index >= 15 is 0 Å². The zero-order chi connectivity index (χ0) is 19.6. The molecule has 0 aliphatic rings. The Morgan fingerprint density at radius 3 is 2.41 bits per heavy atom. The van der Waals surface area contributed by atoms with Crippen LogP contribution in [0.3, 0.4) is 0 Å². The predicted octanol–water partition coefficient (Wildman–Crippen LogP) is 2.58. The lowest BCUT2D eigenvalue weighted by molar-refractivity contribution is -0.121.